The molecule has 1 amide bonds. The first-order valence-electron chi connectivity index (χ1n) is 8.16. The lowest BCUT2D eigenvalue weighted by Gasteiger charge is -2.09. The number of thioether (sulfide) groups is 1. The van der Waals surface area contributed by atoms with Gasteiger partial charge in [0, 0.05) is 29.4 Å². The molecule has 2 aromatic carbocycles. The van der Waals surface area contributed by atoms with Crippen LogP contribution < -0.4 is 14.8 Å². The second-order valence-corrected chi connectivity index (χ2v) is 6.51. The zero-order valence-electron chi connectivity index (χ0n) is 15.0. The first-order valence-corrected chi connectivity index (χ1v) is 9.32. The molecular formula is C19H19N3O4S. The Bertz CT molecular complexity index is 877. The summed E-state index contributed by atoms with van der Waals surface area (Å²) < 4.78 is 15.6. The molecule has 1 heterocycles. The maximum Gasteiger partial charge on any atom is 0.236 e. The summed E-state index contributed by atoms with van der Waals surface area (Å²) in [5, 5.41) is 6.78. The fraction of sp³-hybridized carbons (Fsp3) is 0.211. The number of methoxy groups -OCH3 is 2. The van der Waals surface area contributed by atoms with Crippen molar-refractivity contribution in [1.82, 2.24) is 10.1 Å². The molecule has 0 spiro atoms. The molecule has 3 aromatic rings. The lowest BCUT2D eigenvalue weighted by Crippen LogP contribution is -2.14. The smallest absolute Gasteiger partial charge is 0.236 e. The maximum absolute atomic E-state index is 12.1. The molecule has 0 bridgehead atoms. The van der Waals surface area contributed by atoms with Crippen molar-refractivity contribution in [1.29, 1.82) is 0 Å². The Hall–Kier alpha value is -3.00. The van der Waals surface area contributed by atoms with Gasteiger partial charge in [-0.1, -0.05) is 35.5 Å². The third-order valence-corrected chi connectivity index (χ3v) is 4.51. The SMILES string of the molecule is COc1cc(NC(=O)CSCc2nc(-c3ccccc3)no2)cc(OC)c1. The van der Waals surface area contributed by atoms with Crippen LogP contribution in [0.4, 0.5) is 5.69 Å². The Balaban J connectivity index is 1.51. The average Bonchev–Trinajstić information content (AvgIpc) is 3.17. The Morgan fingerprint density at radius 2 is 1.81 bits per heavy atom. The van der Waals surface area contributed by atoms with Gasteiger partial charge in [-0.25, -0.2) is 0 Å². The first-order chi connectivity index (χ1) is 13.2. The Labute approximate surface area is 161 Å². The summed E-state index contributed by atoms with van der Waals surface area (Å²) in [5.74, 6) is 2.80. The third-order valence-electron chi connectivity index (χ3n) is 3.59. The quantitative estimate of drug-likeness (QED) is 0.634. The van der Waals surface area contributed by atoms with Gasteiger partial charge >= 0.3 is 0 Å². The van der Waals surface area contributed by atoms with Crippen LogP contribution in [0.2, 0.25) is 0 Å². The number of nitrogens with one attached hydrogen (secondary N) is 1. The number of ether oxygens (including phenoxy) is 2. The molecule has 1 N–H and O–H groups in total. The summed E-state index contributed by atoms with van der Waals surface area (Å²) >= 11 is 1.39. The van der Waals surface area contributed by atoms with E-state index < -0.39 is 0 Å². The van der Waals surface area contributed by atoms with E-state index in [0.717, 1.165) is 5.56 Å². The van der Waals surface area contributed by atoms with Crippen LogP contribution in [0.15, 0.2) is 53.1 Å². The number of carbonyl (C=O) groups excluding carboxylic acids is 1. The Kier molecular flexibility index (Phi) is 6.32. The van der Waals surface area contributed by atoms with Gasteiger partial charge in [0.2, 0.25) is 17.6 Å². The van der Waals surface area contributed by atoms with Crippen LogP contribution in [-0.4, -0.2) is 36.0 Å². The van der Waals surface area contributed by atoms with Crippen molar-refractivity contribution in [2.75, 3.05) is 25.3 Å². The molecule has 0 aliphatic carbocycles. The molecule has 0 saturated carbocycles. The van der Waals surface area contributed by atoms with E-state index in [4.69, 9.17) is 14.0 Å². The van der Waals surface area contributed by atoms with Gasteiger partial charge in [-0.15, -0.1) is 11.8 Å². The van der Waals surface area contributed by atoms with E-state index in [0.29, 0.717) is 34.7 Å². The monoisotopic (exact) mass is 385 g/mol. The largest absolute Gasteiger partial charge is 0.497 e. The van der Waals surface area contributed by atoms with Crippen molar-refractivity contribution >= 4 is 23.4 Å². The number of aromatic nitrogens is 2. The van der Waals surface area contributed by atoms with Crippen molar-refractivity contribution in [3.63, 3.8) is 0 Å². The first kappa shape index (κ1) is 18.8. The highest BCUT2D eigenvalue weighted by Gasteiger charge is 2.10. The number of hydrogen-bond acceptors (Lipinski definition) is 7. The van der Waals surface area contributed by atoms with E-state index in [9.17, 15) is 4.79 Å². The zero-order valence-corrected chi connectivity index (χ0v) is 15.8. The standard InChI is InChI=1S/C19H19N3O4S/c1-24-15-8-14(9-16(10-15)25-2)20-17(23)11-27-12-18-21-19(22-26-18)13-6-4-3-5-7-13/h3-10H,11-12H2,1-2H3,(H,20,23). The van der Waals surface area contributed by atoms with Crippen LogP contribution in [0.1, 0.15) is 5.89 Å². The minimum Gasteiger partial charge on any atom is -0.497 e. The van der Waals surface area contributed by atoms with Crippen LogP contribution in [-0.2, 0) is 10.5 Å². The summed E-state index contributed by atoms with van der Waals surface area (Å²) in [7, 11) is 3.12. The van der Waals surface area contributed by atoms with Crippen molar-refractivity contribution in [2.24, 2.45) is 0 Å². The van der Waals surface area contributed by atoms with Gasteiger partial charge in [0.1, 0.15) is 11.5 Å². The van der Waals surface area contributed by atoms with Crippen molar-refractivity contribution in [3.8, 4) is 22.9 Å². The average molecular weight is 385 g/mol. The lowest BCUT2D eigenvalue weighted by molar-refractivity contribution is -0.113. The summed E-state index contributed by atoms with van der Waals surface area (Å²) in [4.78, 5) is 16.5. The van der Waals surface area contributed by atoms with Gasteiger partial charge < -0.3 is 19.3 Å². The fourth-order valence-corrected chi connectivity index (χ4v) is 2.98. The number of hydrogen-bond donors (Lipinski definition) is 1. The highest BCUT2D eigenvalue weighted by molar-refractivity contribution is 7.99. The van der Waals surface area contributed by atoms with E-state index in [1.54, 1.807) is 32.4 Å². The Morgan fingerprint density at radius 1 is 1.11 bits per heavy atom. The summed E-state index contributed by atoms with van der Waals surface area (Å²) in [6.07, 6.45) is 0. The van der Waals surface area contributed by atoms with E-state index in [2.05, 4.69) is 15.5 Å². The van der Waals surface area contributed by atoms with Crippen LogP contribution in [0.25, 0.3) is 11.4 Å². The molecule has 0 fully saturated rings. The normalized spacial score (nSPS) is 10.4. The van der Waals surface area contributed by atoms with Crippen LogP contribution in [0, 0.1) is 0 Å². The third kappa shape index (κ3) is 5.24. The van der Waals surface area contributed by atoms with Gasteiger partial charge in [-0.2, -0.15) is 4.98 Å². The predicted molar refractivity (Wildman–Crippen MR) is 104 cm³/mol. The molecule has 8 heteroatoms. The van der Waals surface area contributed by atoms with E-state index in [-0.39, 0.29) is 11.7 Å². The van der Waals surface area contributed by atoms with Gasteiger partial charge in [0.15, 0.2) is 0 Å². The molecule has 0 unspecified atom stereocenters. The molecule has 0 aliphatic heterocycles. The molecule has 1 aromatic heterocycles. The minimum atomic E-state index is -0.141. The van der Waals surface area contributed by atoms with E-state index in [1.165, 1.54) is 11.8 Å². The molecular weight excluding hydrogens is 366 g/mol. The van der Waals surface area contributed by atoms with Crippen LogP contribution >= 0.6 is 11.8 Å². The Morgan fingerprint density at radius 3 is 2.48 bits per heavy atom. The molecule has 27 heavy (non-hydrogen) atoms. The molecule has 0 radical (unpaired) electrons. The highest BCUT2D eigenvalue weighted by atomic mass is 32.2. The van der Waals surface area contributed by atoms with Gasteiger partial charge in [-0.3, -0.25) is 4.79 Å². The predicted octanol–water partition coefficient (Wildman–Crippen LogP) is 3.63. The molecule has 0 saturated heterocycles. The lowest BCUT2D eigenvalue weighted by atomic mass is 10.2. The molecule has 3 rings (SSSR count). The van der Waals surface area contributed by atoms with Crippen molar-refractivity contribution in [3.05, 3.63) is 54.4 Å². The van der Waals surface area contributed by atoms with Gasteiger partial charge in [0.25, 0.3) is 0 Å². The van der Waals surface area contributed by atoms with Gasteiger partial charge in [-0.05, 0) is 0 Å². The zero-order chi connectivity index (χ0) is 19.1. The van der Waals surface area contributed by atoms with Crippen molar-refractivity contribution in [2.45, 2.75) is 5.75 Å². The topological polar surface area (TPSA) is 86.5 Å². The molecule has 140 valence electrons. The number of nitrogens with zero attached hydrogens (tertiary/aromatic N) is 2. The highest BCUT2D eigenvalue weighted by Crippen LogP contribution is 2.26. The second kappa shape index (κ2) is 9.09. The maximum atomic E-state index is 12.1. The van der Waals surface area contributed by atoms with Crippen LogP contribution in [0.5, 0.6) is 11.5 Å². The van der Waals surface area contributed by atoms with E-state index >= 15 is 0 Å². The summed E-state index contributed by atoms with van der Waals surface area (Å²) in [6.45, 7) is 0. The van der Waals surface area contributed by atoms with Gasteiger partial charge in [0.05, 0.1) is 25.7 Å². The number of amides is 1. The molecule has 0 aliphatic rings. The molecule has 7 nitrogen and oxygen atoms in total. The van der Waals surface area contributed by atoms with Crippen molar-refractivity contribution < 1.29 is 18.8 Å². The van der Waals surface area contributed by atoms with E-state index in [1.807, 2.05) is 30.3 Å². The summed E-state index contributed by atoms with van der Waals surface area (Å²) in [5.41, 5.74) is 1.50. The number of carbonyl (C=O) groups is 1. The number of benzene rings is 2. The number of rotatable bonds is 8. The number of anilines is 1. The molecule has 0 atom stereocenters. The minimum absolute atomic E-state index is 0.141. The fourth-order valence-electron chi connectivity index (χ4n) is 2.33. The van der Waals surface area contributed by atoms with Crippen LogP contribution in [0.3, 0.4) is 0 Å². The summed E-state index contributed by atoms with van der Waals surface area (Å²) in [6, 6.07) is 14.8. The second-order valence-electron chi connectivity index (χ2n) is 5.52.